The van der Waals surface area contributed by atoms with E-state index in [0.717, 1.165) is 54.9 Å². The van der Waals surface area contributed by atoms with Gasteiger partial charge in [0, 0.05) is 30.4 Å². The van der Waals surface area contributed by atoms with Gasteiger partial charge in [-0.2, -0.15) is 0 Å². The predicted octanol–water partition coefficient (Wildman–Crippen LogP) is 2.85. The van der Waals surface area contributed by atoms with E-state index in [1.165, 1.54) is 0 Å². The first kappa shape index (κ1) is 19.0. The van der Waals surface area contributed by atoms with Crippen molar-refractivity contribution in [2.75, 3.05) is 25.0 Å². The number of anilines is 1. The molecule has 2 aliphatic heterocycles. The quantitative estimate of drug-likeness (QED) is 0.748. The van der Waals surface area contributed by atoms with E-state index < -0.39 is 6.09 Å². The van der Waals surface area contributed by atoms with E-state index in [1.807, 2.05) is 13.3 Å². The van der Waals surface area contributed by atoms with Crippen LogP contribution in [-0.4, -0.2) is 62.4 Å². The van der Waals surface area contributed by atoms with Gasteiger partial charge in [-0.05, 0) is 65.1 Å². The smallest absolute Gasteiger partial charge is 0.407 e. The molecule has 1 amide bonds. The van der Waals surface area contributed by atoms with E-state index in [1.54, 1.807) is 4.90 Å². The zero-order valence-electron chi connectivity index (χ0n) is 16.9. The highest BCUT2D eigenvalue weighted by atomic mass is 16.4. The normalized spacial score (nSPS) is 25.6. The highest BCUT2D eigenvalue weighted by Gasteiger charge is 2.38. The Balaban J connectivity index is 1.58. The van der Waals surface area contributed by atoms with Crippen LogP contribution in [0.4, 0.5) is 10.6 Å². The first-order valence-corrected chi connectivity index (χ1v) is 10.2. The maximum absolute atomic E-state index is 11.7. The van der Waals surface area contributed by atoms with Crippen LogP contribution < -0.4 is 10.6 Å². The summed E-state index contributed by atoms with van der Waals surface area (Å²) in [5.74, 6) is 1.19. The molecular formula is C20H30N6O2. The second kappa shape index (κ2) is 7.58. The Labute approximate surface area is 165 Å². The lowest BCUT2D eigenvalue weighted by Gasteiger charge is -2.41. The lowest BCUT2D eigenvalue weighted by molar-refractivity contribution is 0.0825. The molecule has 2 fully saturated rings. The molecule has 0 aromatic carbocycles. The summed E-state index contributed by atoms with van der Waals surface area (Å²) in [6.07, 6.45) is 3.70. The second-order valence-corrected chi connectivity index (χ2v) is 8.39. The number of piperidine rings is 1. The van der Waals surface area contributed by atoms with E-state index in [9.17, 15) is 9.90 Å². The van der Waals surface area contributed by atoms with E-state index >= 15 is 0 Å². The van der Waals surface area contributed by atoms with Crippen LogP contribution in [0, 0.1) is 12.8 Å². The molecule has 4 heterocycles. The standard InChI is InChI=1S/C20H30N6O2/c1-12(2)26-11-22-18-17(26)8-13(3)23-19(18)24-15-5-7-25(20(27)28)16(9-15)14-4-6-21-10-14/h8,11-12,14-16,21H,4-7,9-10H2,1-3H3,(H,23,24)(H,27,28)/t14?,15?,16-/m0/s1. The fraction of sp³-hybridized carbons (Fsp3) is 0.650. The molecule has 152 valence electrons. The number of pyridine rings is 1. The number of rotatable bonds is 4. The minimum absolute atomic E-state index is 0.0484. The maximum Gasteiger partial charge on any atom is 0.407 e. The Morgan fingerprint density at radius 2 is 2.21 bits per heavy atom. The third-order valence-electron chi connectivity index (χ3n) is 6.12. The molecule has 0 aliphatic carbocycles. The van der Waals surface area contributed by atoms with E-state index in [4.69, 9.17) is 4.98 Å². The van der Waals surface area contributed by atoms with Crippen molar-refractivity contribution in [1.29, 1.82) is 0 Å². The van der Waals surface area contributed by atoms with Gasteiger partial charge in [-0.3, -0.25) is 0 Å². The number of nitrogens with zero attached hydrogens (tertiary/aromatic N) is 4. The van der Waals surface area contributed by atoms with Crippen molar-refractivity contribution in [3.63, 3.8) is 0 Å². The van der Waals surface area contributed by atoms with Gasteiger partial charge in [0.15, 0.2) is 5.82 Å². The van der Waals surface area contributed by atoms with Crippen LogP contribution in [-0.2, 0) is 0 Å². The van der Waals surface area contributed by atoms with Gasteiger partial charge >= 0.3 is 6.09 Å². The summed E-state index contributed by atoms with van der Waals surface area (Å²) in [5, 5.41) is 16.6. The molecule has 8 heteroatoms. The first-order valence-electron chi connectivity index (χ1n) is 10.2. The molecular weight excluding hydrogens is 356 g/mol. The average molecular weight is 387 g/mol. The van der Waals surface area contributed by atoms with Gasteiger partial charge in [-0.1, -0.05) is 0 Å². The number of fused-ring (bicyclic) bond motifs is 1. The van der Waals surface area contributed by atoms with Crippen molar-refractivity contribution in [3.8, 4) is 0 Å². The number of aryl methyl sites for hydroxylation is 1. The summed E-state index contributed by atoms with van der Waals surface area (Å²) >= 11 is 0. The Hall–Kier alpha value is -2.35. The number of hydrogen-bond donors (Lipinski definition) is 3. The fourth-order valence-corrected chi connectivity index (χ4v) is 4.68. The summed E-state index contributed by atoms with van der Waals surface area (Å²) in [5.41, 5.74) is 2.93. The lowest BCUT2D eigenvalue weighted by Crippen LogP contribution is -2.52. The van der Waals surface area contributed by atoms with Crippen LogP contribution in [0.15, 0.2) is 12.4 Å². The highest BCUT2D eigenvalue weighted by molar-refractivity contribution is 5.86. The minimum Gasteiger partial charge on any atom is -0.465 e. The van der Waals surface area contributed by atoms with Gasteiger partial charge in [0.1, 0.15) is 5.52 Å². The zero-order chi connectivity index (χ0) is 19.8. The number of nitrogens with one attached hydrogen (secondary N) is 2. The van der Waals surface area contributed by atoms with Gasteiger partial charge in [-0.15, -0.1) is 0 Å². The first-order chi connectivity index (χ1) is 13.4. The number of amides is 1. The monoisotopic (exact) mass is 386 g/mol. The van der Waals surface area contributed by atoms with Crippen LogP contribution in [0.5, 0.6) is 0 Å². The molecule has 2 unspecified atom stereocenters. The Morgan fingerprint density at radius 1 is 1.39 bits per heavy atom. The molecule has 3 N–H and O–H groups in total. The summed E-state index contributed by atoms with van der Waals surface area (Å²) in [6, 6.07) is 2.65. The largest absolute Gasteiger partial charge is 0.465 e. The molecule has 2 aliphatic rings. The van der Waals surface area contributed by atoms with Crippen LogP contribution in [0.3, 0.4) is 0 Å². The van der Waals surface area contributed by atoms with Crippen molar-refractivity contribution >= 4 is 22.9 Å². The Bertz CT molecular complexity index is 858. The van der Waals surface area contributed by atoms with Gasteiger partial charge in [0.25, 0.3) is 0 Å². The van der Waals surface area contributed by atoms with E-state index in [2.05, 4.69) is 40.1 Å². The summed E-state index contributed by atoms with van der Waals surface area (Å²) in [7, 11) is 0. The molecule has 0 spiro atoms. The van der Waals surface area contributed by atoms with E-state index in [0.29, 0.717) is 18.5 Å². The number of carboxylic acid groups (broad SMARTS) is 1. The molecule has 2 saturated heterocycles. The van der Waals surface area contributed by atoms with Crippen molar-refractivity contribution in [2.45, 2.75) is 58.2 Å². The zero-order valence-corrected chi connectivity index (χ0v) is 16.9. The van der Waals surface area contributed by atoms with Crippen LogP contribution in [0.25, 0.3) is 11.0 Å². The highest BCUT2D eigenvalue weighted by Crippen LogP contribution is 2.31. The van der Waals surface area contributed by atoms with Crippen molar-refractivity contribution in [1.82, 2.24) is 24.8 Å². The molecule has 0 radical (unpaired) electrons. The fourth-order valence-electron chi connectivity index (χ4n) is 4.68. The predicted molar refractivity (Wildman–Crippen MR) is 109 cm³/mol. The molecule has 8 nitrogen and oxygen atoms in total. The van der Waals surface area contributed by atoms with Crippen molar-refractivity contribution < 1.29 is 9.90 Å². The average Bonchev–Trinajstić information content (AvgIpc) is 3.31. The van der Waals surface area contributed by atoms with Gasteiger partial charge < -0.3 is 25.2 Å². The van der Waals surface area contributed by atoms with Crippen LogP contribution in [0.1, 0.15) is 44.8 Å². The SMILES string of the molecule is Cc1cc2c(ncn2C(C)C)c(NC2CCN(C(=O)O)[C@H](C3CCNC3)C2)n1. The number of likely N-dealkylation sites (tertiary alicyclic amines) is 1. The van der Waals surface area contributed by atoms with Crippen molar-refractivity contribution in [3.05, 3.63) is 18.1 Å². The Morgan fingerprint density at radius 3 is 2.89 bits per heavy atom. The van der Waals surface area contributed by atoms with E-state index in [-0.39, 0.29) is 12.1 Å². The maximum atomic E-state index is 11.7. The lowest BCUT2D eigenvalue weighted by atomic mass is 9.87. The molecule has 28 heavy (non-hydrogen) atoms. The van der Waals surface area contributed by atoms with Gasteiger partial charge in [0.05, 0.1) is 11.8 Å². The van der Waals surface area contributed by atoms with Crippen molar-refractivity contribution in [2.24, 2.45) is 5.92 Å². The second-order valence-electron chi connectivity index (χ2n) is 8.39. The van der Waals surface area contributed by atoms with Crippen LogP contribution >= 0.6 is 0 Å². The molecule has 2 aromatic rings. The molecule has 2 aromatic heterocycles. The molecule has 4 rings (SSSR count). The number of aromatic nitrogens is 3. The third-order valence-corrected chi connectivity index (χ3v) is 6.12. The molecule has 0 bridgehead atoms. The van der Waals surface area contributed by atoms with Crippen LogP contribution in [0.2, 0.25) is 0 Å². The molecule has 3 atom stereocenters. The Kier molecular flexibility index (Phi) is 5.14. The van der Waals surface area contributed by atoms with Gasteiger partial charge in [-0.25, -0.2) is 14.8 Å². The molecule has 0 saturated carbocycles. The number of imidazole rings is 1. The number of hydrogen-bond acceptors (Lipinski definition) is 5. The van der Waals surface area contributed by atoms with Gasteiger partial charge in [0.2, 0.25) is 0 Å². The summed E-state index contributed by atoms with van der Waals surface area (Å²) < 4.78 is 2.16. The topological polar surface area (TPSA) is 95.3 Å². The summed E-state index contributed by atoms with van der Waals surface area (Å²) in [6.45, 7) is 8.72. The minimum atomic E-state index is -0.804. The summed E-state index contributed by atoms with van der Waals surface area (Å²) in [4.78, 5) is 22.7. The third kappa shape index (κ3) is 3.53. The number of carbonyl (C=O) groups is 1.